The number of nitrogens with zero attached hydrogens (tertiary/aromatic N) is 5. The van der Waals surface area contributed by atoms with Crippen LogP contribution in [0.3, 0.4) is 0 Å². The lowest BCUT2D eigenvalue weighted by Gasteiger charge is -2.44. The molecule has 6 heterocycles. The van der Waals surface area contributed by atoms with Crippen LogP contribution < -0.4 is 39.1 Å². The van der Waals surface area contributed by atoms with Gasteiger partial charge in [-0.05, 0) is 113 Å². The summed E-state index contributed by atoms with van der Waals surface area (Å²) in [5.41, 5.74) is 1.44. The summed E-state index contributed by atoms with van der Waals surface area (Å²) in [5, 5.41) is 56.2. The second kappa shape index (κ2) is 44.8. The Labute approximate surface area is 756 Å². The monoisotopic (exact) mass is 1860 g/mol. The minimum Gasteiger partial charge on any atom is -0.493 e. The van der Waals surface area contributed by atoms with Crippen LogP contribution in [0.5, 0.6) is 34.5 Å². The predicted molar refractivity (Wildman–Crippen MR) is 455 cm³/mol. The molecule has 0 saturated carbocycles. The summed E-state index contributed by atoms with van der Waals surface area (Å²) >= 11 is 2.94. The first-order valence-electron chi connectivity index (χ1n) is 40.7. The summed E-state index contributed by atoms with van der Waals surface area (Å²) < 4.78 is 104. The lowest BCUT2D eigenvalue weighted by molar-refractivity contribution is -0.387. The lowest BCUT2D eigenvalue weighted by atomic mass is 9.98. The quantitative estimate of drug-likeness (QED) is 0.0122. The van der Waals surface area contributed by atoms with E-state index in [1.54, 1.807) is 13.0 Å². The van der Waals surface area contributed by atoms with E-state index in [2.05, 4.69) is 10.6 Å². The van der Waals surface area contributed by atoms with Gasteiger partial charge in [0.1, 0.15) is 45.2 Å². The van der Waals surface area contributed by atoms with Crippen molar-refractivity contribution in [2.75, 3.05) is 72.0 Å². The Morgan fingerprint density at radius 3 is 1.22 bits per heavy atom. The Kier molecular flexibility index (Phi) is 33.6. The summed E-state index contributed by atoms with van der Waals surface area (Å²) in [6.07, 6.45) is -17.8. The summed E-state index contributed by atoms with van der Waals surface area (Å²) in [5.74, 6) is -8.53. The zero-order valence-electron chi connectivity index (χ0n) is 73.1. The predicted octanol–water partition coefficient (Wildman–Crippen LogP) is 8.88. The van der Waals surface area contributed by atoms with Crippen molar-refractivity contribution in [1.82, 2.24) is 14.7 Å². The number of amides is 4. The molecule has 4 aliphatic heterocycles. The second-order valence-electron chi connectivity index (χ2n) is 30.5. The van der Waals surface area contributed by atoms with Gasteiger partial charge in [-0.25, -0.2) is 9.59 Å². The molecule has 702 valence electrons. The van der Waals surface area contributed by atoms with E-state index >= 15 is 9.59 Å². The standard InChI is InChI=1S/C87H97N7O35S2/c1-13-114-42-72-76(120-45(3)98)78(122-47(5)100)80(124-49(7)102)84(128-72)126-66-16-14-51(25-64(66)93(108)109)38-118-86(106)88-62-31-70(68(112-11)29-60(62)82(104)91-34-56-18-20-130-74(56)27-58(91)36-95)116-40-54-22-53(33-90(9)10)23-55(24-54)41-117-71-32-63(61(30-69(71)113-12)83(105)92-35-57-19-21-131-75(57)28-59(92)37-96)89-87(107)119-39-52-15-17-67(65(26-52)94(110)111)127-85-81(125-50(8)103)79(123-48(6)101)77(121-46(4)99)73(129-85)43-115-44(2)97/h14-26,29-32,58-59,72-73,76-81,84-85,95-96H,13,27-28,33-43H2,1-12H3,(H,88,106)(H,89,107)/t58-,59+,72+,73+,76-,77-,78-,79-,80-,81-,84+,85+/m0/s1. The molecule has 11 rings (SSSR count). The summed E-state index contributed by atoms with van der Waals surface area (Å²) in [7, 11) is 6.34. The van der Waals surface area contributed by atoms with Gasteiger partial charge < -0.3 is 110 Å². The number of esters is 7. The maximum atomic E-state index is 15.1. The Morgan fingerprint density at radius 1 is 0.466 bits per heavy atom. The Bertz CT molecular complexity index is 5380. The van der Waals surface area contributed by atoms with Crippen molar-refractivity contribution < 1.29 is 158 Å². The molecule has 44 heteroatoms. The van der Waals surface area contributed by atoms with E-state index < -0.39 is 205 Å². The Hall–Kier alpha value is -13.4. The topological polar surface area (TPSA) is 514 Å². The van der Waals surface area contributed by atoms with Crippen LogP contribution in [-0.2, 0) is 149 Å². The third-order valence-electron chi connectivity index (χ3n) is 20.6. The number of nitro groups is 2. The minimum atomic E-state index is -1.87. The molecule has 2 fully saturated rings. The number of carbonyl (C=O) groups excluding carboxylic acids is 11. The molecule has 4 amide bonds. The number of nitro benzene ring substituents is 2. The number of thiophene rings is 2. The first kappa shape index (κ1) is 98.2. The van der Waals surface area contributed by atoms with Crippen molar-refractivity contribution in [2.24, 2.45) is 0 Å². The molecule has 131 heavy (non-hydrogen) atoms. The molecule has 42 nitrogen and oxygen atoms in total. The van der Waals surface area contributed by atoms with Crippen molar-refractivity contribution >= 4 is 111 Å². The van der Waals surface area contributed by atoms with Crippen LogP contribution in [0.4, 0.5) is 32.3 Å². The van der Waals surface area contributed by atoms with Gasteiger partial charge in [0.25, 0.3) is 11.8 Å². The Balaban J connectivity index is 0.852. The highest BCUT2D eigenvalue weighted by Gasteiger charge is 2.56. The highest BCUT2D eigenvalue weighted by molar-refractivity contribution is 7.10. The number of nitrogens with one attached hydrogen (secondary N) is 2. The van der Waals surface area contributed by atoms with Crippen molar-refractivity contribution in [3.63, 3.8) is 0 Å². The SMILES string of the molecule is CCOC[C@H]1O[C@@H](Oc2ccc(COC(=O)Nc3cc(OCc4cc(COc5cc(NC(=O)OCc6ccc(O[C@@H]7O[C@H](COC(C)=O)[C@H](OC(C)=O)[C@H](OC(C)=O)[C@@H]7OC(C)=O)c([N+](=O)[O-])c6)c(C(=O)N6Cc7ccsc7C[C@@H]6CO)cc5OC)cc(CN(C)C)c4)c(OC)cc3C(=O)N3Cc4ccsc4C[C@H]3CO)cc2[N+](=O)[O-])[C@@H](OC(C)=O)[C@@H](OC(C)=O)[C@H]1OC(C)=O. The zero-order valence-corrected chi connectivity index (χ0v) is 74.7. The van der Waals surface area contributed by atoms with Gasteiger partial charge in [-0.3, -0.25) is 74.0 Å². The molecular weight excluding hydrogens is 1770 g/mol. The van der Waals surface area contributed by atoms with E-state index in [1.165, 1.54) is 83.1 Å². The first-order valence-corrected chi connectivity index (χ1v) is 42.5. The van der Waals surface area contributed by atoms with Gasteiger partial charge in [-0.2, -0.15) is 0 Å². The van der Waals surface area contributed by atoms with Crippen molar-refractivity contribution in [3.8, 4) is 34.5 Å². The van der Waals surface area contributed by atoms with Gasteiger partial charge in [0.05, 0.1) is 78.5 Å². The molecule has 0 aliphatic carbocycles. The molecule has 5 aromatic carbocycles. The number of hydrogen-bond acceptors (Lipinski definition) is 38. The number of rotatable bonds is 37. The third-order valence-corrected chi connectivity index (χ3v) is 22.5. The minimum absolute atomic E-state index is 0.000219. The van der Waals surface area contributed by atoms with E-state index in [9.17, 15) is 73.6 Å². The van der Waals surface area contributed by atoms with Gasteiger partial charge >= 0.3 is 65.3 Å². The molecule has 4 N–H and O–H groups in total. The van der Waals surface area contributed by atoms with Crippen LogP contribution in [0.1, 0.15) is 125 Å². The van der Waals surface area contributed by atoms with Crippen molar-refractivity contribution in [1.29, 1.82) is 0 Å². The van der Waals surface area contributed by atoms with Crippen LogP contribution >= 0.6 is 22.7 Å². The molecule has 7 aromatic rings. The number of fused-ring (bicyclic) bond motifs is 2. The smallest absolute Gasteiger partial charge is 0.411 e. The van der Waals surface area contributed by atoms with Gasteiger partial charge in [0.2, 0.25) is 24.8 Å². The third kappa shape index (κ3) is 25.4. The second-order valence-corrected chi connectivity index (χ2v) is 32.5. The highest BCUT2D eigenvalue weighted by atomic mass is 32.1. The highest BCUT2D eigenvalue weighted by Crippen LogP contribution is 2.43. The van der Waals surface area contributed by atoms with Crippen molar-refractivity contribution in [3.05, 3.63) is 182 Å². The fourth-order valence-corrected chi connectivity index (χ4v) is 16.9. The van der Waals surface area contributed by atoms with Gasteiger partial charge in [-0.1, -0.05) is 24.3 Å². The Morgan fingerprint density at radius 2 is 0.855 bits per heavy atom. The number of hydrogen-bond donors (Lipinski definition) is 4. The summed E-state index contributed by atoms with van der Waals surface area (Å²) in [4.78, 5) is 176. The molecule has 12 atom stereocenters. The molecule has 0 spiro atoms. The van der Waals surface area contributed by atoms with E-state index in [-0.39, 0.29) is 96.1 Å². The molecule has 0 bridgehead atoms. The van der Waals surface area contributed by atoms with Crippen LogP contribution in [0.2, 0.25) is 0 Å². The fourth-order valence-electron chi connectivity index (χ4n) is 15.0. The normalized spacial score (nSPS) is 20.2. The number of ether oxygens (including phenoxy) is 18. The molecule has 2 aromatic heterocycles. The number of methoxy groups -OCH3 is 2. The van der Waals surface area contributed by atoms with E-state index in [1.807, 2.05) is 54.0 Å². The largest absolute Gasteiger partial charge is 0.493 e. The van der Waals surface area contributed by atoms with Gasteiger partial charge in [0.15, 0.2) is 58.9 Å². The van der Waals surface area contributed by atoms with Crippen LogP contribution in [0.15, 0.2) is 102 Å². The number of anilines is 2. The molecule has 4 aliphatic rings. The molecule has 0 unspecified atom stereocenters. The van der Waals surface area contributed by atoms with Crippen molar-refractivity contribution in [2.45, 2.75) is 188 Å². The maximum absolute atomic E-state index is 15.1. The number of aliphatic hydroxyl groups is 2. The van der Waals surface area contributed by atoms with Crippen LogP contribution in [0.25, 0.3) is 0 Å². The van der Waals surface area contributed by atoms with Gasteiger partial charge in [0, 0.05) is 122 Å². The molecule has 0 radical (unpaired) electrons. The number of benzene rings is 5. The zero-order chi connectivity index (χ0) is 94.8. The fraction of sp³-hybridized carbons (Fsp3) is 0.437. The van der Waals surface area contributed by atoms with Crippen LogP contribution in [-0.4, -0.2) is 235 Å². The number of aliphatic hydroxyl groups excluding tert-OH is 2. The van der Waals surface area contributed by atoms with Gasteiger partial charge in [-0.15, -0.1) is 22.7 Å². The summed E-state index contributed by atoms with van der Waals surface area (Å²) in [6, 6.07) is 19.9. The lowest BCUT2D eigenvalue weighted by Crippen LogP contribution is -2.63. The van der Waals surface area contributed by atoms with E-state index in [0.717, 1.165) is 99.2 Å². The number of carbonyl (C=O) groups is 11. The average Bonchev–Trinajstić information content (AvgIpc) is 1.28. The van der Waals surface area contributed by atoms with E-state index in [0.29, 0.717) is 30.5 Å². The van der Waals surface area contributed by atoms with Crippen LogP contribution in [0, 0.1) is 20.2 Å². The average molecular weight is 1860 g/mol. The maximum Gasteiger partial charge on any atom is 0.411 e. The molecular formula is C87H97N7O35S2. The van der Waals surface area contributed by atoms with E-state index in [4.69, 9.17) is 85.3 Å². The molecule has 2 saturated heterocycles. The summed E-state index contributed by atoms with van der Waals surface area (Å²) in [6.45, 7) is 6.08. The first-order chi connectivity index (χ1) is 62.5.